The van der Waals surface area contributed by atoms with Gasteiger partial charge in [0.25, 0.3) is 5.91 Å². The molecule has 0 radical (unpaired) electrons. The van der Waals surface area contributed by atoms with Crippen LogP contribution in [0.25, 0.3) is 0 Å². The molecule has 1 aromatic carbocycles. The number of carbonyl (C=O) groups excluding carboxylic acids is 1. The standard InChI is InChI=1S/C23H29BrClNO3/c1-11-5-6-16-21(2,3)19(24)15(27)9-23(16)22(11,4)8-12-7-14(25)17-13(18(12)29-23)10-26-20(17)28/h7,11,15-16,19,27H,5-6,8-10H2,1-4H3,(H,26,28)/t11-,15?,16-,19?,22+,23-/m0/s1. The van der Waals surface area contributed by atoms with Crippen LogP contribution in [0.1, 0.15) is 68.4 Å². The van der Waals surface area contributed by atoms with E-state index in [2.05, 4.69) is 48.9 Å². The Morgan fingerprint density at radius 1 is 1.31 bits per heavy atom. The zero-order valence-electron chi connectivity index (χ0n) is 17.4. The lowest BCUT2D eigenvalue weighted by Gasteiger charge is -2.67. The fraction of sp³-hybridized carbons (Fsp3) is 0.696. The van der Waals surface area contributed by atoms with Crippen molar-refractivity contribution >= 4 is 33.4 Å². The molecular formula is C23H29BrClNO3. The first-order valence-corrected chi connectivity index (χ1v) is 12.0. The van der Waals surface area contributed by atoms with Gasteiger partial charge in [0.05, 0.1) is 16.7 Å². The van der Waals surface area contributed by atoms with E-state index in [9.17, 15) is 9.90 Å². The van der Waals surface area contributed by atoms with E-state index < -0.39 is 11.7 Å². The summed E-state index contributed by atoms with van der Waals surface area (Å²) in [4.78, 5) is 12.4. The number of amides is 1. The second-order valence-corrected chi connectivity index (χ2v) is 11.9. The normalized spacial score (nSPS) is 42.1. The number of hydrogen-bond acceptors (Lipinski definition) is 3. The first kappa shape index (κ1) is 20.1. The molecule has 4 aliphatic rings. The Kier molecular flexibility index (Phi) is 4.26. The van der Waals surface area contributed by atoms with Gasteiger partial charge in [-0.25, -0.2) is 0 Å². The van der Waals surface area contributed by atoms with Crippen molar-refractivity contribution in [3.8, 4) is 5.75 Å². The van der Waals surface area contributed by atoms with E-state index in [1.54, 1.807) is 0 Å². The molecule has 0 bridgehead atoms. The van der Waals surface area contributed by atoms with Gasteiger partial charge < -0.3 is 15.2 Å². The van der Waals surface area contributed by atoms with Crippen molar-refractivity contribution in [1.82, 2.24) is 5.32 Å². The number of fused-ring (bicyclic) bond motifs is 3. The molecule has 1 aromatic rings. The molecule has 2 heterocycles. The van der Waals surface area contributed by atoms with Gasteiger partial charge in [-0.3, -0.25) is 4.79 Å². The molecule has 6 atom stereocenters. The van der Waals surface area contributed by atoms with Gasteiger partial charge in [-0.05, 0) is 42.2 Å². The molecule has 2 aliphatic carbocycles. The van der Waals surface area contributed by atoms with Crippen LogP contribution in [-0.4, -0.2) is 27.5 Å². The Bertz CT molecular complexity index is 918. The minimum atomic E-state index is -0.479. The van der Waals surface area contributed by atoms with Crippen LogP contribution in [0.2, 0.25) is 5.02 Å². The van der Waals surface area contributed by atoms with Gasteiger partial charge in [0.15, 0.2) is 0 Å². The highest BCUT2D eigenvalue weighted by molar-refractivity contribution is 9.09. The number of aliphatic hydroxyl groups excluding tert-OH is 1. The molecule has 1 spiro atoms. The van der Waals surface area contributed by atoms with Crippen LogP contribution in [0.4, 0.5) is 0 Å². The predicted octanol–water partition coefficient (Wildman–Crippen LogP) is 4.86. The van der Waals surface area contributed by atoms with E-state index in [0.29, 0.717) is 35.4 Å². The summed E-state index contributed by atoms with van der Waals surface area (Å²) < 4.78 is 7.07. The summed E-state index contributed by atoms with van der Waals surface area (Å²) in [6.45, 7) is 9.64. The Balaban J connectivity index is 1.74. The van der Waals surface area contributed by atoms with Crippen molar-refractivity contribution < 1.29 is 14.6 Å². The number of alkyl halides is 1. The Morgan fingerprint density at radius 2 is 2.03 bits per heavy atom. The van der Waals surface area contributed by atoms with Gasteiger partial charge >= 0.3 is 0 Å². The maximum Gasteiger partial charge on any atom is 0.253 e. The molecular weight excluding hydrogens is 454 g/mol. The highest BCUT2D eigenvalue weighted by Crippen LogP contribution is 2.67. The maximum atomic E-state index is 12.4. The van der Waals surface area contributed by atoms with Gasteiger partial charge in [0.2, 0.25) is 0 Å². The summed E-state index contributed by atoms with van der Waals surface area (Å²) in [5, 5.41) is 14.5. The molecule has 2 unspecified atom stereocenters. The lowest BCUT2D eigenvalue weighted by atomic mass is 9.44. The van der Waals surface area contributed by atoms with Crippen molar-refractivity contribution in [3.05, 3.63) is 27.8 Å². The third-order valence-corrected chi connectivity index (χ3v) is 11.0. The van der Waals surface area contributed by atoms with Crippen LogP contribution in [0.3, 0.4) is 0 Å². The second-order valence-electron chi connectivity index (χ2n) is 10.5. The molecule has 2 N–H and O–H groups in total. The van der Waals surface area contributed by atoms with E-state index >= 15 is 0 Å². The number of hydrogen-bond donors (Lipinski definition) is 2. The third-order valence-electron chi connectivity index (χ3n) is 8.87. The monoisotopic (exact) mass is 481 g/mol. The minimum absolute atomic E-state index is 0.0347. The summed E-state index contributed by atoms with van der Waals surface area (Å²) in [7, 11) is 0. The fourth-order valence-electron chi connectivity index (χ4n) is 7.04. The van der Waals surface area contributed by atoms with Gasteiger partial charge in [0.1, 0.15) is 11.4 Å². The lowest BCUT2D eigenvalue weighted by molar-refractivity contribution is -0.226. The molecule has 0 aromatic heterocycles. The minimum Gasteiger partial charge on any atom is -0.486 e. The molecule has 6 heteroatoms. The summed E-state index contributed by atoms with van der Waals surface area (Å²) in [6, 6.07) is 1.94. The van der Waals surface area contributed by atoms with E-state index in [4.69, 9.17) is 16.3 Å². The summed E-state index contributed by atoms with van der Waals surface area (Å²) >= 11 is 10.3. The number of rotatable bonds is 0. The van der Waals surface area contributed by atoms with Crippen LogP contribution in [0.5, 0.6) is 5.75 Å². The zero-order chi connectivity index (χ0) is 20.9. The van der Waals surface area contributed by atoms with Gasteiger partial charge in [-0.2, -0.15) is 0 Å². The lowest BCUT2D eigenvalue weighted by Crippen LogP contribution is -2.72. The quantitative estimate of drug-likeness (QED) is 0.519. The Hall–Kier alpha value is -0.780. The number of carbonyl (C=O) groups is 1. The Labute approximate surface area is 185 Å². The molecule has 29 heavy (non-hydrogen) atoms. The third kappa shape index (κ3) is 2.38. The molecule has 158 valence electrons. The van der Waals surface area contributed by atoms with E-state index in [1.165, 1.54) is 0 Å². The molecule has 4 nitrogen and oxygen atoms in total. The van der Waals surface area contributed by atoms with Crippen molar-refractivity contribution in [3.63, 3.8) is 0 Å². The topological polar surface area (TPSA) is 58.6 Å². The number of benzene rings is 1. The van der Waals surface area contributed by atoms with E-state index in [-0.39, 0.29) is 21.6 Å². The zero-order valence-corrected chi connectivity index (χ0v) is 19.8. The van der Waals surface area contributed by atoms with Crippen LogP contribution in [0.15, 0.2) is 6.07 Å². The van der Waals surface area contributed by atoms with Gasteiger partial charge in [-0.15, -0.1) is 0 Å². The Morgan fingerprint density at radius 3 is 2.76 bits per heavy atom. The van der Waals surface area contributed by atoms with Crippen LogP contribution < -0.4 is 10.1 Å². The van der Waals surface area contributed by atoms with Crippen LogP contribution in [0, 0.1) is 22.7 Å². The van der Waals surface area contributed by atoms with Gasteiger partial charge in [0, 0.05) is 34.7 Å². The SMILES string of the molecule is C[C@H]1CC[C@H]2C(C)(C)C(Br)C(O)C[C@]23Oc2c(cc(Cl)c4c2CNC4=O)C[C@]13C. The molecule has 5 rings (SSSR count). The maximum absolute atomic E-state index is 12.4. The molecule has 2 aliphatic heterocycles. The van der Waals surface area contributed by atoms with Gasteiger partial charge in [-0.1, -0.05) is 55.2 Å². The predicted molar refractivity (Wildman–Crippen MR) is 117 cm³/mol. The molecule has 2 fully saturated rings. The highest BCUT2D eigenvalue weighted by Gasteiger charge is 2.69. The number of halogens is 2. The highest BCUT2D eigenvalue weighted by atomic mass is 79.9. The smallest absolute Gasteiger partial charge is 0.253 e. The van der Waals surface area contributed by atoms with Crippen molar-refractivity contribution in [2.45, 2.75) is 76.5 Å². The largest absolute Gasteiger partial charge is 0.486 e. The summed E-state index contributed by atoms with van der Waals surface area (Å²) in [5.74, 6) is 1.48. The summed E-state index contributed by atoms with van der Waals surface area (Å²) in [6.07, 6.45) is 3.22. The first-order valence-electron chi connectivity index (χ1n) is 10.7. The van der Waals surface area contributed by atoms with E-state index in [1.807, 2.05) is 6.07 Å². The molecule has 1 amide bonds. The molecule has 2 saturated carbocycles. The van der Waals surface area contributed by atoms with Crippen molar-refractivity contribution in [2.75, 3.05) is 0 Å². The fourth-order valence-corrected chi connectivity index (χ4v) is 7.87. The first-order chi connectivity index (χ1) is 13.5. The van der Waals surface area contributed by atoms with Crippen molar-refractivity contribution in [2.24, 2.45) is 22.7 Å². The summed E-state index contributed by atoms with van der Waals surface area (Å²) in [5.41, 5.74) is 1.86. The average Bonchev–Trinajstić information content (AvgIpc) is 3.03. The van der Waals surface area contributed by atoms with E-state index in [0.717, 1.165) is 36.1 Å². The number of aliphatic hydroxyl groups is 1. The van der Waals surface area contributed by atoms with Crippen molar-refractivity contribution in [1.29, 1.82) is 0 Å². The number of nitrogens with one attached hydrogen (secondary N) is 1. The molecule has 0 saturated heterocycles. The average molecular weight is 483 g/mol. The number of ether oxygens (including phenoxy) is 1. The van der Waals surface area contributed by atoms with Crippen LogP contribution in [-0.2, 0) is 13.0 Å². The van der Waals surface area contributed by atoms with Crippen LogP contribution >= 0.6 is 27.5 Å². The second kappa shape index (κ2) is 6.14.